The molecule has 32 heavy (non-hydrogen) atoms. The van der Waals surface area contributed by atoms with E-state index in [0.717, 1.165) is 18.9 Å². The van der Waals surface area contributed by atoms with Gasteiger partial charge in [0.2, 0.25) is 5.91 Å². The minimum Gasteiger partial charge on any atom is -0.484 e. The molecule has 0 bridgehead atoms. The van der Waals surface area contributed by atoms with E-state index in [-0.39, 0.29) is 54.0 Å². The van der Waals surface area contributed by atoms with Crippen molar-refractivity contribution in [2.75, 3.05) is 26.3 Å². The van der Waals surface area contributed by atoms with Gasteiger partial charge in [-0.2, -0.15) is 15.0 Å². The fourth-order valence-corrected chi connectivity index (χ4v) is 3.93. The lowest BCUT2D eigenvalue weighted by molar-refractivity contribution is -0.142. The van der Waals surface area contributed by atoms with Gasteiger partial charge in [0.15, 0.2) is 6.61 Å². The lowest BCUT2D eigenvalue weighted by Crippen LogP contribution is -2.48. The quantitative estimate of drug-likeness (QED) is 0.640. The van der Waals surface area contributed by atoms with Crippen molar-refractivity contribution < 1.29 is 23.5 Å². The number of benzene rings is 1. The molecule has 9 nitrogen and oxygen atoms in total. The van der Waals surface area contributed by atoms with Gasteiger partial charge in [0.25, 0.3) is 5.91 Å². The van der Waals surface area contributed by atoms with Crippen molar-refractivity contribution in [1.29, 1.82) is 0 Å². The van der Waals surface area contributed by atoms with Crippen LogP contribution in [0, 0.1) is 5.82 Å². The van der Waals surface area contributed by atoms with Gasteiger partial charge in [0.1, 0.15) is 18.2 Å². The molecule has 2 heterocycles. The molecule has 1 aliphatic carbocycles. The van der Waals surface area contributed by atoms with E-state index in [4.69, 9.17) is 21.1 Å². The van der Waals surface area contributed by atoms with Crippen LogP contribution in [0.3, 0.4) is 0 Å². The Hall–Kier alpha value is -2.72. The van der Waals surface area contributed by atoms with Gasteiger partial charge >= 0.3 is 0 Å². The van der Waals surface area contributed by atoms with Gasteiger partial charge in [0, 0.05) is 25.2 Å². The summed E-state index contributed by atoms with van der Waals surface area (Å²) in [5.74, 6) is -0.693. The highest BCUT2D eigenvalue weighted by atomic mass is 35.5. The van der Waals surface area contributed by atoms with Crippen LogP contribution in [-0.4, -0.2) is 70.2 Å². The minimum absolute atomic E-state index is 0.00285. The largest absolute Gasteiger partial charge is 0.484 e. The lowest BCUT2D eigenvalue weighted by atomic mass is 9.90. The van der Waals surface area contributed by atoms with Crippen molar-refractivity contribution in [3.05, 3.63) is 41.4 Å². The zero-order valence-corrected chi connectivity index (χ0v) is 18.2. The molecule has 1 N–H and O–H groups in total. The zero-order valence-electron chi connectivity index (χ0n) is 17.5. The first-order valence-electron chi connectivity index (χ1n) is 10.6. The second-order valence-corrected chi connectivity index (χ2v) is 8.40. The van der Waals surface area contributed by atoms with Gasteiger partial charge in [-0.25, -0.2) is 4.39 Å². The third kappa shape index (κ3) is 5.74. The first kappa shape index (κ1) is 22.5. The van der Waals surface area contributed by atoms with E-state index in [1.807, 2.05) is 0 Å². The van der Waals surface area contributed by atoms with Gasteiger partial charge in [-0.1, -0.05) is 11.6 Å². The van der Waals surface area contributed by atoms with Gasteiger partial charge in [0.05, 0.1) is 29.6 Å². The van der Waals surface area contributed by atoms with Crippen LogP contribution in [0.15, 0.2) is 30.6 Å². The fraction of sp³-hybridized carbons (Fsp3) is 0.524. The highest BCUT2D eigenvalue weighted by molar-refractivity contribution is 6.30. The van der Waals surface area contributed by atoms with E-state index in [9.17, 15) is 14.0 Å². The minimum atomic E-state index is -0.599. The number of likely N-dealkylation sites (tertiary alicyclic amines) is 1. The topological polar surface area (TPSA) is 98.6 Å². The van der Waals surface area contributed by atoms with E-state index >= 15 is 0 Å². The van der Waals surface area contributed by atoms with Crippen molar-refractivity contribution in [2.45, 2.75) is 43.9 Å². The number of piperidine rings is 1. The number of nitrogens with zero attached hydrogens (tertiary/aromatic N) is 4. The maximum Gasteiger partial charge on any atom is 0.258 e. The first-order chi connectivity index (χ1) is 15.5. The summed E-state index contributed by atoms with van der Waals surface area (Å²) < 4.78 is 24.4. The second kappa shape index (κ2) is 10.3. The maximum absolute atomic E-state index is 13.4. The molecule has 0 atom stereocenters. The molecule has 1 aromatic heterocycles. The highest BCUT2D eigenvalue weighted by Gasteiger charge is 2.33. The van der Waals surface area contributed by atoms with Crippen LogP contribution < -0.4 is 10.1 Å². The Morgan fingerprint density at radius 1 is 1.16 bits per heavy atom. The van der Waals surface area contributed by atoms with Crippen molar-refractivity contribution in [3.63, 3.8) is 0 Å². The summed E-state index contributed by atoms with van der Waals surface area (Å²) in [6.45, 7) is 0.957. The van der Waals surface area contributed by atoms with Crippen LogP contribution in [-0.2, 0) is 14.3 Å². The summed E-state index contributed by atoms with van der Waals surface area (Å²) in [5.41, 5.74) is 0. The van der Waals surface area contributed by atoms with Gasteiger partial charge in [-0.15, -0.1) is 0 Å². The number of aromatic nitrogens is 3. The van der Waals surface area contributed by atoms with Crippen LogP contribution in [0.5, 0.6) is 5.75 Å². The number of carbonyl (C=O) groups excluding carboxylic acids is 2. The molecule has 0 spiro atoms. The predicted molar refractivity (Wildman–Crippen MR) is 113 cm³/mol. The van der Waals surface area contributed by atoms with Gasteiger partial charge in [-0.3, -0.25) is 9.59 Å². The number of carbonyl (C=O) groups is 2. The molecule has 2 amide bonds. The van der Waals surface area contributed by atoms with Crippen molar-refractivity contribution in [3.8, 4) is 5.75 Å². The van der Waals surface area contributed by atoms with Gasteiger partial charge in [-0.05, 0) is 37.8 Å². The average Bonchev–Trinajstić information content (AvgIpc) is 3.28. The molecule has 1 saturated carbocycles. The Kier molecular flexibility index (Phi) is 7.21. The SMILES string of the molecule is O=C(COc1ccc(Cl)c(F)c1)NC1CCN(C(=O)CO[C@H]2C[C@H](n3nccn3)C2)CC1. The van der Waals surface area contributed by atoms with Crippen molar-refractivity contribution >= 4 is 23.4 Å². The molecule has 2 aliphatic rings. The predicted octanol–water partition coefficient (Wildman–Crippen LogP) is 1.98. The normalized spacial score (nSPS) is 21.1. The molecule has 172 valence electrons. The molecule has 2 fully saturated rings. The number of halogens is 2. The molecule has 4 rings (SSSR count). The molecule has 11 heteroatoms. The van der Waals surface area contributed by atoms with Crippen LogP contribution >= 0.6 is 11.6 Å². The van der Waals surface area contributed by atoms with Crippen LogP contribution in [0.1, 0.15) is 31.7 Å². The molecular formula is C21H25ClFN5O4. The summed E-state index contributed by atoms with van der Waals surface area (Å²) in [4.78, 5) is 28.0. The third-order valence-corrected chi connectivity index (χ3v) is 6.06. The maximum atomic E-state index is 13.4. The van der Waals surface area contributed by atoms with Crippen LogP contribution in [0.4, 0.5) is 4.39 Å². The molecule has 1 saturated heterocycles. The highest BCUT2D eigenvalue weighted by Crippen LogP contribution is 2.33. The van der Waals surface area contributed by atoms with Crippen LogP contribution in [0.2, 0.25) is 5.02 Å². The molecular weight excluding hydrogens is 441 g/mol. The number of hydrogen-bond donors (Lipinski definition) is 1. The Morgan fingerprint density at radius 3 is 2.56 bits per heavy atom. The third-order valence-electron chi connectivity index (χ3n) is 5.75. The van der Waals surface area contributed by atoms with Crippen molar-refractivity contribution in [2.24, 2.45) is 0 Å². The summed E-state index contributed by atoms with van der Waals surface area (Å²) in [6.07, 6.45) is 6.28. The first-order valence-corrected chi connectivity index (χ1v) is 11.0. The summed E-state index contributed by atoms with van der Waals surface area (Å²) >= 11 is 5.63. The molecule has 1 aliphatic heterocycles. The monoisotopic (exact) mass is 465 g/mol. The van der Waals surface area contributed by atoms with Gasteiger partial charge < -0.3 is 19.7 Å². The van der Waals surface area contributed by atoms with E-state index in [1.165, 1.54) is 12.1 Å². The number of nitrogens with one attached hydrogen (secondary N) is 1. The number of amides is 2. The molecule has 0 unspecified atom stereocenters. The Balaban J connectivity index is 1.10. The Morgan fingerprint density at radius 2 is 1.88 bits per heavy atom. The van der Waals surface area contributed by atoms with Crippen LogP contribution in [0.25, 0.3) is 0 Å². The Labute approximate surface area is 189 Å². The number of hydrogen-bond acceptors (Lipinski definition) is 6. The number of ether oxygens (including phenoxy) is 2. The standard InChI is InChI=1S/C21H25ClFN5O4/c22-18-2-1-16(11-19(18)23)31-12-20(29)26-14-3-7-27(8-4-14)21(30)13-32-17-9-15(10-17)28-24-5-6-25-28/h1-2,5-6,11,14-15,17H,3-4,7-10,12-13H2,(H,26,29)/t15-,17-. The van der Waals surface area contributed by atoms with E-state index in [2.05, 4.69) is 15.5 Å². The molecule has 2 aromatic rings. The Bertz CT molecular complexity index is 930. The summed E-state index contributed by atoms with van der Waals surface area (Å²) in [7, 11) is 0. The summed E-state index contributed by atoms with van der Waals surface area (Å²) in [5, 5.41) is 11.1. The zero-order chi connectivity index (χ0) is 22.5. The smallest absolute Gasteiger partial charge is 0.258 e. The molecule has 1 aromatic carbocycles. The lowest BCUT2D eigenvalue weighted by Gasteiger charge is -2.35. The average molecular weight is 466 g/mol. The van der Waals surface area contributed by atoms with E-state index in [0.29, 0.717) is 25.9 Å². The summed E-state index contributed by atoms with van der Waals surface area (Å²) in [6, 6.07) is 4.22. The molecule has 0 radical (unpaired) electrons. The van der Waals surface area contributed by atoms with Crippen molar-refractivity contribution in [1.82, 2.24) is 25.2 Å². The second-order valence-electron chi connectivity index (χ2n) is 7.99. The van der Waals surface area contributed by atoms with E-state index in [1.54, 1.807) is 22.1 Å². The number of rotatable bonds is 8. The van der Waals surface area contributed by atoms with E-state index < -0.39 is 5.82 Å². The fourth-order valence-electron chi connectivity index (χ4n) is 3.82.